The summed E-state index contributed by atoms with van der Waals surface area (Å²) < 4.78 is 0. The molecule has 158 valence electrons. The van der Waals surface area contributed by atoms with Crippen molar-refractivity contribution in [2.24, 2.45) is 5.73 Å². The van der Waals surface area contributed by atoms with E-state index in [2.05, 4.69) is 38.2 Å². The number of halogens is 2. The number of nitrogens with two attached hydrogens (primary N) is 1. The zero-order valence-electron chi connectivity index (χ0n) is 17.2. The molecule has 0 atom stereocenters. The van der Waals surface area contributed by atoms with Crippen molar-refractivity contribution in [1.82, 2.24) is 19.9 Å². The summed E-state index contributed by atoms with van der Waals surface area (Å²) in [5.41, 5.74) is 13.3. The minimum absolute atomic E-state index is 0.0153. The number of H-pyrrole nitrogens is 1. The van der Waals surface area contributed by atoms with Crippen molar-refractivity contribution < 1.29 is 4.79 Å². The van der Waals surface area contributed by atoms with Crippen molar-refractivity contribution in [1.29, 1.82) is 0 Å². The maximum Gasteiger partial charge on any atom is 0.232 e. The van der Waals surface area contributed by atoms with Crippen LogP contribution in [0, 0.1) is 20.8 Å². The van der Waals surface area contributed by atoms with Gasteiger partial charge >= 0.3 is 0 Å². The first kappa shape index (κ1) is 21.1. The fourth-order valence-corrected chi connectivity index (χ4v) is 4.13. The largest absolute Gasteiger partial charge is 0.369 e. The summed E-state index contributed by atoms with van der Waals surface area (Å²) in [6.45, 7) is 6.10. The molecule has 0 unspecified atom stereocenters. The monoisotopic (exact) mass is 454 g/mol. The lowest BCUT2D eigenvalue weighted by molar-refractivity contribution is -0.117. The van der Waals surface area contributed by atoms with Gasteiger partial charge in [-0.15, -0.1) is 0 Å². The summed E-state index contributed by atoms with van der Waals surface area (Å²) in [5, 5.41) is 4.27. The number of primary amides is 1. The van der Waals surface area contributed by atoms with Gasteiger partial charge < -0.3 is 16.0 Å². The van der Waals surface area contributed by atoms with Crippen LogP contribution in [0.15, 0.2) is 30.3 Å². The van der Waals surface area contributed by atoms with Crippen LogP contribution in [0.5, 0.6) is 0 Å². The third kappa shape index (κ3) is 4.06. The van der Waals surface area contributed by atoms with E-state index >= 15 is 0 Å². The molecule has 2 aromatic heterocycles. The Bertz CT molecular complexity index is 1310. The number of benzene rings is 2. The Morgan fingerprint density at radius 2 is 1.71 bits per heavy atom. The highest BCUT2D eigenvalue weighted by atomic mass is 35.5. The summed E-state index contributed by atoms with van der Waals surface area (Å²) >= 11 is 11.8. The molecular weight excluding hydrogens is 435 g/mol. The van der Waals surface area contributed by atoms with Gasteiger partial charge in [0.1, 0.15) is 0 Å². The molecule has 0 radical (unpaired) electrons. The third-order valence-electron chi connectivity index (χ3n) is 5.36. The molecule has 2 aromatic carbocycles. The van der Waals surface area contributed by atoms with Crippen LogP contribution >= 0.6 is 23.2 Å². The normalized spacial score (nSPS) is 11.1. The van der Waals surface area contributed by atoms with Gasteiger partial charge in [-0.2, -0.15) is 15.0 Å². The van der Waals surface area contributed by atoms with Crippen molar-refractivity contribution >= 4 is 51.6 Å². The van der Waals surface area contributed by atoms with E-state index in [4.69, 9.17) is 28.9 Å². The van der Waals surface area contributed by atoms with E-state index in [1.807, 2.05) is 38.1 Å². The van der Waals surface area contributed by atoms with E-state index < -0.39 is 0 Å². The number of hydrogen-bond acceptors (Lipinski definition) is 5. The molecule has 31 heavy (non-hydrogen) atoms. The Morgan fingerprint density at radius 1 is 1.00 bits per heavy atom. The molecule has 0 aliphatic heterocycles. The van der Waals surface area contributed by atoms with Crippen LogP contribution in [0.4, 0.5) is 11.6 Å². The number of anilines is 2. The number of rotatable bonds is 5. The van der Waals surface area contributed by atoms with Gasteiger partial charge in [0, 0.05) is 16.8 Å². The van der Waals surface area contributed by atoms with Crippen molar-refractivity contribution in [3.8, 4) is 11.1 Å². The molecule has 4 rings (SSSR count). The van der Waals surface area contributed by atoms with Crippen LogP contribution in [-0.4, -0.2) is 25.8 Å². The van der Waals surface area contributed by atoms with Crippen LogP contribution in [0.25, 0.3) is 22.0 Å². The zero-order valence-corrected chi connectivity index (χ0v) is 18.7. The summed E-state index contributed by atoms with van der Waals surface area (Å²) in [6, 6.07) is 9.91. The smallest absolute Gasteiger partial charge is 0.232 e. The van der Waals surface area contributed by atoms with Crippen LogP contribution in [0.2, 0.25) is 10.6 Å². The molecule has 1 amide bonds. The molecule has 4 aromatic rings. The molecule has 7 nitrogen and oxygen atoms in total. The number of fused-ring (bicyclic) bond motifs is 1. The topological polar surface area (TPSA) is 110 Å². The van der Waals surface area contributed by atoms with Crippen LogP contribution in [0.1, 0.15) is 22.4 Å². The van der Waals surface area contributed by atoms with Crippen molar-refractivity contribution in [3.05, 3.63) is 63.3 Å². The average molecular weight is 455 g/mol. The highest BCUT2D eigenvalue weighted by molar-refractivity contribution is 6.31. The molecule has 0 bridgehead atoms. The number of aromatic amines is 1. The molecule has 0 aliphatic carbocycles. The van der Waals surface area contributed by atoms with Crippen molar-refractivity contribution in [2.45, 2.75) is 27.2 Å². The van der Waals surface area contributed by atoms with E-state index in [9.17, 15) is 4.79 Å². The fourth-order valence-electron chi connectivity index (χ4n) is 3.77. The van der Waals surface area contributed by atoms with E-state index in [1.54, 1.807) is 0 Å². The Kier molecular flexibility index (Phi) is 5.56. The number of nitrogens with zero attached hydrogens (tertiary/aromatic N) is 3. The van der Waals surface area contributed by atoms with Gasteiger partial charge in [-0.05, 0) is 77.9 Å². The number of aromatic nitrogens is 4. The fraction of sp³-hybridized carbons (Fsp3) is 0.182. The molecule has 0 fully saturated rings. The Labute approximate surface area is 189 Å². The van der Waals surface area contributed by atoms with Crippen LogP contribution in [0.3, 0.4) is 0 Å². The van der Waals surface area contributed by atoms with E-state index in [0.717, 1.165) is 50.1 Å². The van der Waals surface area contributed by atoms with Crippen LogP contribution in [-0.2, 0) is 11.2 Å². The van der Waals surface area contributed by atoms with Gasteiger partial charge in [-0.1, -0.05) is 24.3 Å². The van der Waals surface area contributed by atoms with E-state index in [1.165, 1.54) is 0 Å². The minimum Gasteiger partial charge on any atom is -0.369 e. The lowest BCUT2D eigenvalue weighted by Crippen LogP contribution is -2.13. The van der Waals surface area contributed by atoms with Gasteiger partial charge in [-0.3, -0.25) is 4.79 Å². The molecule has 0 spiro atoms. The molecule has 0 aliphatic rings. The predicted molar refractivity (Wildman–Crippen MR) is 124 cm³/mol. The SMILES string of the molecule is Cc1[nH]c2c(CC(N)=O)ccc(-c3cccc(Nc4nc(Cl)nc(Cl)n4)c3C)c2c1C. The minimum atomic E-state index is -0.365. The standard InChI is InChI=1S/C22H20Cl2N6O/c1-10-12(3)26-19-13(9-17(25)31)7-8-15(18(10)19)14-5-4-6-16(11(14)2)27-22-29-20(23)28-21(24)30-22/h4-8,26H,9H2,1-3H3,(H2,25,31)(H,27,28,29,30). The number of hydrogen-bond donors (Lipinski definition) is 3. The predicted octanol–water partition coefficient (Wildman–Crippen LogP) is 5.02. The van der Waals surface area contributed by atoms with E-state index in [-0.39, 0.29) is 28.8 Å². The number of amides is 1. The van der Waals surface area contributed by atoms with Crippen molar-refractivity contribution in [3.63, 3.8) is 0 Å². The van der Waals surface area contributed by atoms with Gasteiger partial charge in [0.05, 0.1) is 11.9 Å². The van der Waals surface area contributed by atoms with Gasteiger partial charge in [-0.25, -0.2) is 0 Å². The maximum absolute atomic E-state index is 11.5. The van der Waals surface area contributed by atoms with Crippen molar-refractivity contribution in [2.75, 3.05) is 5.32 Å². The second kappa shape index (κ2) is 8.17. The first-order chi connectivity index (χ1) is 14.7. The lowest BCUT2D eigenvalue weighted by atomic mass is 9.92. The van der Waals surface area contributed by atoms with Crippen LogP contribution < -0.4 is 11.1 Å². The summed E-state index contributed by atoms with van der Waals surface area (Å²) in [6.07, 6.45) is 0.178. The first-order valence-electron chi connectivity index (χ1n) is 9.57. The summed E-state index contributed by atoms with van der Waals surface area (Å²) in [4.78, 5) is 26.9. The van der Waals surface area contributed by atoms with Gasteiger partial charge in [0.2, 0.25) is 22.4 Å². The lowest BCUT2D eigenvalue weighted by Gasteiger charge is -2.15. The number of aryl methyl sites for hydroxylation is 2. The average Bonchev–Trinajstić information content (AvgIpc) is 2.98. The Balaban J connectivity index is 1.85. The molecule has 9 heteroatoms. The Hall–Kier alpha value is -3.16. The highest BCUT2D eigenvalue weighted by Crippen LogP contribution is 2.38. The molecule has 4 N–H and O–H groups in total. The molecule has 0 saturated heterocycles. The number of carbonyl (C=O) groups is 1. The quantitative estimate of drug-likeness (QED) is 0.391. The number of nitrogens with one attached hydrogen (secondary N) is 2. The van der Waals surface area contributed by atoms with Gasteiger partial charge in [0.25, 0.3) is 0 Å². The molecule has 0 saturated carbocycles. The number of carbonyl (C=O) groups excluding carboxylic acids is 1. The second-order valence-corrected chi connectivity index (χ2v) is 8.02. The van der Waals surface area contributed by atoms with E-state index in [0.29, 0.717) is 0 Å². The second-order valence-electron chi connectivity index (χ2n) is 7.34. The maximum atomic E-state index is 11.5. The highest BCUT2D eigenvalue weighted by Gasteiger charge is 2.17. The third-order valence-corrected chi connectivity index (χ3v) is 5.70. The van der Waals surface area contributed by atoms with Gasteiger partial charge in [0.15, 0.2) is 0 Å². The summed E-state index contributed by atoms with van der Waals surface area (Å²) in [7, 11) is 0. The first-order valence-corrected chi connectivity index (χ1v) is 10.3. The Morgan fingerprint density at radius 3 is 2.39 bits per heavy atom. The molecular formula is C22H20Cl2N6O. The zero-order chi connectivity index (χ0) is 22.3. The molecule has 2 heterocycles. The summed E-state index contributed by atoms with van der Waals surface area (Å²) in [5.74, 6) is -0.100.